The zero-order chi connectivity index (χ0) is 26.6. The summed E-state index contributed by atoms with van der Waals surface area (Å²) in [7, 11) is -0.417. The second-order valence-electron chi connectivity index (χ2n) is 8.85. The van der Waals surface area contributed by atoms with Crippen molar-refractivity contribution in [1.82, 2.24) is 8.87 Å². The van der Waals surface area contributed by atoms with Gasteiger partial charge in [0.15, 0.2) is 16.3 Å². The van der Waals surface area contributed by atoms with Gasteiger partial charge in [0.2, 0.25) is 10.0 Å². The maximum absolute atomic E-state index is 13.2. The standard InChI is InChI=1S/C26H33N3O6S2/c1-5-35-15-14-29-21-16-22(33-3)23(34-4)17-24(21)36-26(29)27-25(30)19-10-12-28(13-11-19)37(31,32)20-8-6-18(2)7-9-20/h6-9,16-17,19H,5,10-15H2,1-4H3. The van der Waals surface area contributed by atoms with Crippen molar-refractivity contribution in [2.75, 3.05) is 40.5 Å². The van der Waals surface area contributed by atoms with Crippen molar-refractivity contribution in [1.29, 1.82) is 0 Å². The van der Waals surface area contributed by atoms with Gasteiger partial charge >= 0.3 is 0 Å². The molecule has 0 N–H and O–H groups in total. The van der Waals surface area contributed by atoms with Crippen molar-refractivity contribution in [3.8, 4) is 11.5 Å². The van der Waals surface area contributed by atoms with Crippen molar-refractivity contribution in [3.05, 3.63) is 46.8 Å². The van der Waals surface area contributed by atoms with Crippen molar-refractivity contribution in [2.45, 2.75) is 38.1 Å². The van der Waals surface area contributed by atoms with Gasteiger partial charge in [-0.15, -0.1) is 0 Å². The molecule has 1 fully saturated rings. The Morgan fingerprint density at radius 1 is 1.08 bits per heavy atom. The summed E-state index contributed by atoms with van der Waals surface area (Å²) < 4.78 is 46.9. The number of methoxy groups -OCH3 is 2. The minimum atomic E-state index is -3.59. The number of hydrogen-bond donors (Lipinski definition) is 0. The Labute approximate surface area is 221 Å². The van der Waals surface area contributed by atoms with E-state index in [1.807, 2.05) is 30.5 Å². The topological polar surface area (TPSA) is 99.4 Å². The molecule has 11 heteroatoms. The SMILES string of the molecule is CCOCCn1c(=NC(=O)C2CCN(S(=O)(=O)c3ccc(C)cc3)CC2)sc2cc(OC)c(OC)cc21. The van der Waals surface area contributed by atoms with Crippen LogP contribution in [0.5, 0.6) is 11.5 Å². The van der Waals surface area contributed by atoms with Crippen LogP contribution < -0.4 is 14.3 Å². The fourth-order valence-corrected chi connectivity index (χ4v) is 6.93. The van der Waals surface area contributed by atoms with Crippen LogP contribution in [0.25, 0.3) is 10.2 Å². The lowest BCUT2D eigenvalue weighted by atomic mass is 9.98. The van der Waals surface area contributed by atoms with Crippen molar-refractivity contribution in [3.63, 3.8) is 0 Å². The summed E-state index contributed by atoms with van der Waals surface area (Å²) in [4.78, 5) is 18.6. The molecule has 0 saturated carbocycles. The second-order valence-corrected chi connectivity index (χ2v) is 11.8. The van der Waals surface area contributed by atoms with Crippen LogP contribution in [0, 0.1) is 12.8 Å². The number of benzene rings is 2. The van der Waals surface area contributed by atoms with Crippen LogP contribution in [0.3, 0.4) is 0 Å². The number of thiazole rings is 1. The van der Waals surface area contributed by atoms with Crippen LogP contribution >= 0.6 is 11.3 Å². The van der Waals surface area contributed by atoms with Gasteiger partial charge < -0.3 is 18.8 Å². The molecule has 37 heavy (non-hydrogen) atoms. The Hall–Kier alpha value is -2.73. The van der Waals surface area contributed by atoms with E-state index in [1.165, 1.54) is 15.6 Å². The highest BCUT2D eigenvalue weighted by Gasteiger charge is 2.32. The molecule has 0 unspecified atom stereocenters. The molecule has 1 amide bonds. The van der Waals surface area contributed by atoms with E-state index in [-0.39, 0.29) is 29.8 Å². The quantitative estimate of drug-likeness (QED) is 0.380. The largest absolute Gasteiger partial charge is 0.493 e. The van der Waals surface area contributed by atoms with Crippen LogP contribution in [0.1, 0.15) is 25.3 Å². The number of piperidine rings is 1. The summed E-state index contributed by atoms with van der Waals surface area (Å²) in [6.07, 6.45) is 0.859. The number of aromatic nitrogens is 1. The maximum atomic E-state index is 13.2. The van der Waals surface area contributed by atoms with Crippen LogP contribution in [0.2, 0.25) is 0 Å². The number of ether oxygens (including phenoxy) is 3. The number of carbonyl (C=O) groups is 1. The number of nitrogens with zero attached hydrogens (tertiary/aromatic N) is 3. The van der Waals surface area contributed by atoms with Gasteiger partial charge in [-0.3, -0.25) is 4.79 Å². The predicted molar refractivity (Wildman–Crippen MR) is 143 cm³/mol. The number of aryl methyl sites for hydroxylation is 1. The van der Waals surface area contributed by atoms with Gasteiger partial charge in [0.25, 0.3) is 5.91 Å². The molecular formula is C26H33N3O6S2. The first-order valence-corrected chi connectivity index (χ1v) is 14.5. The van der Waals surface area contributed by atoms with Gasteiger partial charge in [-0.1, -0.05) is 29.0 Å². The molecule has 0 spiro atoms. The number of hydrogen-bond acceptors (Lipinski definition) is 7. The van der Waals surface area contributed by atoms with Gasteiger partial charge in [-0.25, -0.2) is 8.42 Å². The predicted octanol–water partition coefficient (Wildman–Crippen LogP) is 3.59. The van der Waals surface area contributed by atoms with E-state index in [2.05, 4.69) is 4.99 Å². The van der Waals surface area contributed by atoms with Crippen molar-refractivity contribution in [2.24, 2.45) is 10.9 Å². The normalized spacial score (nSPS) is 15.8. The first kappa shape index (κ1) is 27.3. The smallest absolute Gasteiger partial charge is 0.251 e. The van der Waals surface area contributed by atoms with Crippen LogP contribution in [-0.2, 0) is 26.1 Å². The third-order valence-electron chi connectivity index (χ3n) is 6.52. The number of carbonyl (C=O) groups excluding carboxylic acids is 1. The molecule has 1 saturated heterocycles. The number of sulfonamides is 1. The summed E-state index contributed by atoms with van der Waals surface area (Å²) in [5.74, 6) is 0.633. The van der Waals surface area contributed by atoms with E-state index in [9.17, 15) is 13.2 Å². The average Bonchev–Trinajstić information content (AvgIpc) is 3.23. The lowest BCUT2D eigenvalue weighted by Crippen LogP contribution is -2.40. The number of rotatable bonds is 9. The van der Waals surface area contributed by atoms with Crippen LogP contribution in [0.15, 0.2) is 46.3 Å². The van der Waals surface area contributed by atoms with Crippen LogP contribution in [0.4, 0.5) is 0 Å². The molecule has 1 aliphatic heterocycles. The lowest BCUT2D eigenvalue weighted by molar-refractivity contribution is -0.122. The van der Waals surface area contributed by atoms with Crippen molar-refractivity contribution >= 4 is 37.5 Å². The lowest BCUT2D eigenvalue weighted by Gasteiger charge is -2.29. The van der Waals surface area contributed by atoms with Gasteiger partial charge in [-0.2, -0.15) is 9.30 Å². The number of fused-ring (bicyclic) bond motifs is 1. The first-order valence-electron chi connectivity index (χ1n) is 12.3. The average molecular weight is 548 g/mol. The van der Waals surface area contributed by atoms with Gasteiger partial charge in [0.05, 0.1) is 35.9 Å². The van der Waals surface area contributed by atoms with Gasteiger partial charge in [0, 0.05) is 44.3 Å². The molecule has 0 atom stereocenters. The molecule has 0 radical (unpaired) electrons. The Kier molecular flexibility index (Phi) is 8.68. The highest BCUT2D eigenvalue weighted by atomic mass is 32.2. The minimum Gasteiger partial charge on any atom is -0.493 e. The van der Waals surface area contributed by atoms with E-state index in [1.54, 1.807) is 38.5 Å². The second kappa shape index (κ2) is 11.8. The van der Waals surface area contributed by atoms with E-state index >= 15 is 0 Å². The summed E-state index contributed by atoms with van der Waals surface area (Å²) in [6, 6.07) is 10.6. The van der Waals surface area contributed by atoms with E-state index in [4.69, 9.17) is 14.2 Å². The third-order valence-corrected chi connectivity index (χ3v) is 9.47. The molecule has 9 nitrogen and oxygen atoms in total. The molecule has 3 aromatic rings. The zero-order valence-electron chi connectivity index (χ0n) is 21.6. The summed E-state index contributed by atoms with van der Waals surface area (Å²) in [5, 5.41) is 0. The molecule has 2 aromatic carbocycles. The third kappa shape index (κ3) is 5.90. The molecule has 2 heterocycles. The highest BCUT2D eigenvalue weighted by Crippen LogP contribution is 2.33. The zero-order valence-corrected chi connectivity index (χ0v) is 23.2. The van der Waals surface area contributed by atoms with Gasteiger partial charge in [0.1, 0.15) is 0 Å². The van der Waals surface area contributed by atoms with E-state index < -0.39 is 10.0 Å². The van der Waals surface area contributed by atoms with E-state index in [0.29, 0.717) is 48.9 Å². The minimum absolute atomic E-state index is 0.233. The monoisotopic (exact) mass is 547 g/mol. The van der Waals surface area contributed by atoms with Gasteiger partial charge in [-0.05, 0) is 38.8 Å². The molecule has 1 aromatic heterocycles. The Balaban J connectivity index is 1.57. The summed E-state index contributed by atoms with van der Waals surface area (Å²) in [6.45, 7) is 6.03. The molecular weight excluding hydrogens is 514 g/mol. The first-order chi connectivity index (χ1) is 17.8. The summed E-state index contributed by atoms with van der Waals surface area (Å²) >= 11 is 1.40. The molecule has 200 valence electrons. The summed E-state index contributed by atoms with van der Waals surface area (Å²) in [5.41, 5.74) is 1.88. The highest BCUT2D eigenvalue weighted by molar-refractivity contribution is 7.89. The van der Waals surface area contributed by atoms with Crippen LogP contribution in [-0.4, -0.2) is 63.7 Å². The molecule has 0 aliphatic carbocycles. The number of amides is 1. The van der Waals surface area contributed by atoms with Crippen molar-refractivity contribution < 1.29 is 27.4 Å². The molecule has 0 bridgehead atoms. The fourth-order valence-electron chi connectivity index (χ4n) is 4.39. The van der Waals surface area contributed by atoms with E-state index in [0.717, 1.165) is 15.8 Å². The molecule has 4 rings (SSSR count). The Bertz CT molecular complexity index is 1420. The molecule has 1 aliphatic rings. The Morgan fingerprint density at radius 3 is 2.35 bits per heavy atom. The fraction of sp³-hybridized carbons (Fsp3) is 0.462. The Morgan fingerprint density at radius 2 is 1.73 bits per heavy atom. The maximum Gasteiger partial charge on any atom is 0.251 e.